The van der Waals surface area contributed by atoms with Crippen LogP contribution in [-0.2, 0) is 4.79 Å². The van der Waals surface area contributed by atoms with Crippen molar-refractivity contribution in [1.82, 2.24) is 14.9 Å². The highest BCUT2D eigenvalue weighted by atomic mass is 16.2. The molecule has 2 aromatic carbocycles. The lowest BCUT2D eigenvalue weighted by Crippen LogP contribution is -2.50. The molecular weight excluding hydrogens is 398 g/mol. The van der Waals surface area contributed by atoms with E-state index in [0.717, 1.165) is 42.3 Å². The Kier molecular flexibility index (Phi) is 6.69. The van der Waals surface area contributed by atoms with Crippen LogP contribution in [0.5, 0.6) is 0 Å². The van der Waals surface area contributed by atoms with E-state index in [1.807, 2.05) is 60.4 Å². The third-order valence-corrected chi connectivity index (χ3v) is 5.95. The maximum absolute atomic E-state index is 13.2. The predicted molar refractivity (Wildman–Crippen MR) is 129 cm³/mol. The highest BCUT2D eigenvalue weighted by Crippen LogP contribution is 2.24. The fourth-order valence-electron chi connectivity index (χ4n) is 4.13. The van der Waals surface area contributed by atoms with E-state index in [9.17, 15) is 4.79 Å². The van der Waals surface area contributed by atoms with Crippen LogP contribution in [0.2, 0.25) is 0 Å². The first-order valence-electron chi connectivity index (χ1n) is 11.3. The number of aryl methyl sites for hydroxylation is 2. The van der Waals surface area contributed by atoms with Crippen LogP contribution in [-0.4, -0.2) is 47.0 Å². The zero-order valence-electron chi connectivity index (χ0n) is 19.1. The topological polar surface area (TPSA) is 61.4 Å². The number of rotatable bonds is 6. The summed E-state index contributed by atoms with van der Waals surface area (Å²) in [7, 11) is 0. The second kappa shape index (κ2) is 9.81. The molecule has 0 saturated carbocycles. The van der Waals surface area contributed by atoms with Gasteiger partial charge in [0.1, 0.15) is 5.82 Å². The minimum Gasteiger partial charge on any atom is -0.340 e. The van der Waals surface area contributed by atoms with Crippen LogP contribution in [0, 0.1) is 13.8 Å². The molecule has 1 aliphatic heterocycles. The number of benzene rings is 2. The number of amides is 1. The minimum absolute atomic E-state index is 0.0803. The van der Waals surface area contributed by atoms with Gasteiger partial charge in [-0.3, -0.25) is 4.79 Å². The first-order chi connectivity index (χ1) is 15.5. The van der Waals surface area contributed by atoms with Gasteiger partial charge < -0.3 is 15.1 Å². The number of carbonyl (C=O) groups excluding carboxylic acids is 1. The van der Waals surface area contributed by atoms with Gasteiger partial charge in [0, 0.05) is 43.6 Å². The van der Waals surface area contributed by atoms with Crippen LogP contribution >= 0.6 is 0 Å². The molecule has 1 saturated heterocycles. The summed E-state index contributed by atoms with van der Waals surface area (Å²) >= 11 is 0. The molecule has 2 heterocycles. The molecule has 32 heavy (non-hydrogen) atoms. The first-order valence-corrected chi connectivity index (χ1v) is 11.3. The Morgan fingerprint density at radius 1 is 0.969 bits per heavy atom. The Morgan fingerprint density at radius 2 is 1.66 bits per heavy atom. The third-order valence-electron chi connectivity index (χ3n) is 5.95. The molecule has 1 N–H and O–H groups in total. The number of piperazine rings is 1. The number of anilines is 3. The maximum atomic E-state index is 13.2. The average Bonchev–Trinajstić information content (AvgIpc) is 2.81. The monoisotopic (exact) mass is 429 g/mol. The molecule has 6 heteroatoms. The van der Waals surface area contributed by atoms with Crippen LogP contribution in [0.15, 0.2) is 60.7 Å². The van der Waals surface area contributed by atoms with E-state index < -0.39 is 0 Å². The Bertz CT molecular complexity index is 1040. The molecule has 4 rings (SSSR count). The average molecular weight is 430 g/mol. The van der Waals surface area contributed by atoms with E-state index >= 15 is 0 Å². The summed E-state index contributed by atoms with van der Waals surface area (Å²) in [6, 6.07) is 20.3. The van der Waals surface area contributed by atoms with Gasteiger partial charge in [-0.25, -0.2) is 4.98 Å². The van der Waals surface area contributed by atoms with Gasteiger partial charge in [0.2, 0.25) is 11.9 Å². The lowest BCUT2D eigenvalue weighted by Gasteiger charge is -2.36. The fraction of sp³-hybridized carbons (Fsp3) is 0.346. The zero-order chi connectivity index (χ0) is 22.5. The largest absolute Gasteiger partial charge is 0.340 e. The molecule has 0 radical (unpaired) electrons. The molecule has 6 nitrogen and oxygen atoms in total. The molecule has 1 atom stereocenters. The minimum atomic E-state index is -0.0803. The summed E-state index contributed by atoms with van der Waals surface area (Å²) in [5.74, 6) is 1.63. The number of aromatic nitrogens is 2. The molecule has 1 aromatic heterocycles. The summed E-state index contributed by atoms with van der Waals surface area (Å²) in [4.78, 5) is 26.7. The van der Waals surface area contributed by atoms with E-state index in [2.05, 4.69) is 41.2 Å². The lowest BCUT2D eigenvalue weighted by molar-refractivity contribution is -0.133. The van der Waals surface area contributed by atoms with Gasteiger partial charge in [-0.15, -0.1) is 0 Å². The normalized spacial score (nSPS) is 14.8. The molecule has 1 aliphatic rings. The van der Waals surface area contributed by atoms with Gasteiger partial charge in [-0.2, -0.15) is 4.98 Å². The highest BCUT2D eigenvalue weighted by Gasteiger charge is 2.28. The summed E-state index contributed by atoms with van der Waals surface area (Å²) in [5, 5.41) is 3.38. The summed E-state index contributed by atoms with van der Waals surface area (Å²) in [6.45, 7) is 8.95. The van der Waals surface area contributed by atoms with Crippen LogP contribution in [0.3, 0.4) is 0 Å². The van der Waals surface area contributed by atoms with Crippen molar-refractivity contribution in [2.24, 2.45) is 0 Å². The predicted octanol–water partition coefficient (Wildman–Crippen LogP) is 4.68. The van der Waals surface area contributed by atoms with Gasteiger partial charge in [0.05, 0.1) is 5.92 Å². The Balaban J connectivity index is 1.42. The van der Waals surface area contributed by atoms with E-state index in [4.69, 9.17) is 4.98 Å². The molecule has 1 amide bonds. The SMILES string of the molecule is CC[C@@H](C(=O)N1CCN(c2nc(C)cc(Nc3ccc(C)cc3)n2)CC1)c1ccccc1. The quantitative estimate of drug-likeness (QED) is 0.617. The van der Waals surface area contributed by atoms with Gasteiger partial charge in [0.25, 0.3) is 0 Å². The summed E-state index contributed by atoms with van der Waals surface area (Å²) < 4.78 is 0. The molecule has 0 aliphatic carbocycles. The fourth-order valence-corrected chi connectivity index (χ4v) is 4.13. The van der Waals surface area contributed by atoms with Gasteiger partial charge in [0.15, 0.2) is 0 Å². The molecule has 1 fully saturated rings. The number of nitrogens with one attached hydrogen (secondary N) is 1. The van der Waals surface area contributed by atoms with Crippen molar-refractivity contribution in [3.05, 3.63) is 77.5 Å². The van der Waals surface area contributed by atoms with E-state index in [-0.39, 0.29) is 11.8 Å². The number of hydrogen-bond acceptors (Lipinski definition) is 5. The first kappa shape index (κ1) is 21.8. The van der Waals surface area contributed by atoms with Gasteiger partial charge in [-0.05, 0) is 38.0 Å². The maximum Gasteiger partial charge on any atom is 0.230 e. The Labute approximate surface area is 190 Å². The number of carbonyl (C=O) groups is 1. The van der Waals surface area contributed by atoms with Crippen molar-refractivity contribution in [3.63, 3.8) is 0 Å². The molecule has 0 bridgehead atoms. The van der Waals surface area contributed by atoms with Gasteiger partial charge >= 0.3 is 0 Å². The van der Waals surface area contributed by atoms with Crippen molar-refractivity contribution >= 4 is 23.4 Å². The Morgan fingerprint density at radius 3 is 2.31 bits per heavy atom. The van der Waals surface area contributed by atoms with Crippen LogP contribution in [0.25, 0.3) is 0 Å². The number of nitrogens with zero attached hydrogens (tertiary/aromatic N) is 4. The van der Waals surface area contributed by atoms with E-state index in [0.29, 0.717) is 19.0 Å². The second-order valence-corrected chi connectivity index (χ2v) is 8.37. The van der Waals surface area contributed by atoms with Crippen molar-refractivity contribution in [2.75, 3.05) is 36.4 Å². The summed E-state index contributed by atoms with van der Waals surface area (Å²) in [5.41, 5.74) is 4.23. The van der Waals surface area contributed by atoms with Crippen molar-refractivity contribution in [2.45, 2.75) is 33.1 Å². The second-order valence-electron chi connectivity index (χ2n) is 8.37. The van der Waals surface area contributed by atoms with Crippen LogP contribution in [0.4, 0.5) is 17.5 Å². The van der Waals surface area contributed by atoms with Crippen molar-refractivity contribution < 1.29 is 4.79 Å². The summed E-state index contributed by atoms with van der Waals surface area (Å²) in [6.07, 6.45) is 0.804. The lowest BCUT2D eigenvalue weighted by atomic mass is 9.95. The molecule has 166 valence electrons. The smallest absolute Gasteiger partial charge is 0.230 e. The highest BCUT2D eigenvalue weighted by molar-refractivity contribution is 5.84. The number of hydrogen-bond donors (Lipinski definition) is 1. The molecular formula is C26H31N5O. The standard InChI is InChI=1S/C26H31N5O/c1-4-23(21-8-6-5-7-9-21)25(32)30-14-16-31(17-15-30)26-27-20(3)18-24(29-26)28-22-12-10-19(2)11-13-22/h5-13,18,23H,4,14-17H2,1-3H3,(H,27,28,29)/t23-/m1/s1. The van der Waals surface area contributed by atoms with Gasteiger partial charge in [-0.1, -0.05) is 55.0 Å². The van der Waals surface area contributed by atoms with Crippen LogP contribution in [0.1, 0.15) is 36.1 Å². The van der Waals surface area contributed by atoms with Crippen molar-refractivity contribution in [1.29, 1.82) is 0 Å². The van der Waals surface area contributed by atoms with Crippen LogP contribution < -0.4 is 10.2 Å². The molecule has 3 aromatic rings. The third kappa shape index (κ3) is 5.07. The molecule has 0 unspecified atom stereocenters. The zero-order valence-corrected chi connectivity index (χ0v) is 19.1. The Hall–Kier alpha value is -3.41. The van der Waals surface area contributed by atoms with E-state index in [1.54, 1.807) is 0 Å². The van der Waals surface area contributed by atoms with Crippen molar-refractivity contribution in [3.8, 4) is 0 Å². The van der Waals surface area contributed by atoms with E-state index in [1.165, 1.54) is 5.56 Å². The molecule has 0 spiro atoms.